The second-order valence-electron chi connectivity index (χ2n) is 8.73. The number of ether oxygens (including phenoxy) is 3. The average molecular weight is 495 g/mol. The molecule has 3 N–H and O–H groups in total. The summed E-state index contributed by atoms with van der Waals surface area (Å²) in [6, 6.07) is 7.05. The molecule has 3 atom stereocenters. The number of hydrogen-bond donors (Lipinski definition) is 3. The molecule has 34 heavy (non-hydrogen) atoms. The van der Waals surface area contributed by atoms with E-state index in [1.165, 1.54) is 0 Å². The fourth-order valence-electron chi connectivity index (χ4n) is 4.47. The number of hydrogen-bond acceptors (Lipinski definition) is 9. The van der Waals surface area contributed by atoms with Gasteiger partial charge in [-0.2, -0.15) is 0 Å². The molecule has 3 aliphatic rings. The number of carbonyl (C=O) groups is 1. The Morgan fingerprint density at radius 1 is 1.18 bits per heavy atom. The predicted octanol–water partition coefficient (Wildman–Crippen LogP) is 1.11. The molecule has 0 spiro atoms. The highest BCUT2D eigenvalue weighted by atomic mass is 35.5. The van der Waals surface area contributed by atoms with Crippen LogP contribution in [0.4, 0.5) is 0 Å². The van der Waals surface area contributed by atoms with E-state index >= 15 is 0 Å². The van der Waals surface area contributed by atoms with Crippen molar-refractivity contribution < 1.29 is 28.6 Å². The summed E-state index contributed by atoms with van der Waals surface area (Å²) in [7, 11) is 0. The van der Waals surface area contributed by atoms with Crippen LogP contribution in [-0.4, -0.2) is 78.9 Å². The number of rotatable bonds is 7. The van der Waals surface area contributed by atoms with Crippen LogP contribution in [0.25, 0.3) is 0 Å². The number of aromatic nitrogens is 1. The molecule has 1 aromatic heterocycles. The van der Waals surface area contributed by atoms with E-state index in [2.05, 4.69) is 20.7 Å². The third-order valence-electron chi connectivity index (χ3n) is 6.31. The minimum Gasteiger partial charge on any atom is -0.454 e. The standard InChI is InChI=1S/C23H30N4O6.ClH/c28-19-3-2-17(10-16-11-18(33-26-16)13-27-7-5-24-6-8-27)32-22(19)12-25-23(29)15-1-4-20-21(9-15)31-14-30-20;/h1,4,9,11,17,19,22,24,28H,2-3,5-8,10,12-14H2,(H,25,29);1H/t17-,19-,22+;/m0./s1. The number of nitrogens with zero attached hydrogens (tertiary/aromatic N) is 2. The highest BCUT2D eigenvalue weighted by Crippen LogP contribution is 2.32. The van der Waals surface area contributed by atoms with Gasteiger partial charge in [0.1, 0.15) is 6.10 Å². The molecule has 5 rings (SSSR count). The summed E-state index contributed by atoms with van der Waals surface area (Å²) in [5.74, 6) is 1.79. The number of fused-ring (bicyclic) bond motifs is 1. The molecule has 1 aromatic carbocycles. The summed E-state index contributed by atoms with van der Waals surface area (Å²) in [5, 5.41) is 20.8. The molecular weight excluding hydrogens is 464 g/mol. The van der Waals surface area contributed by atoms with E-state index in [0.717, 1.165) is 50.6 Å². The number of aliphatic hydroxyl groups excluding tert-OH is 1. The van der Waals surface area contributed by atoms with Gasteiger partial charge in [-0.05, 0) is 31.0 Å². The number of nitrogens with one attached hydrogen (secondary N) is 2. The maximum Gasteiger partial charge on any atom is 0.251 e. The molecule has 2 aromatic rings. The quantitative estimate of drug-likeness (QED) is 0.520. The lowest BCUT2D eigenvalue weighted by molar-refractivity contribution is -0.114. The van der Waals surface area contributed by atoms with Crippen LogP contribution in [0, 0.1) is 0 Å². The average Bonchev–Trinajstić information content (AvgIpc) is 3.48. The molecule has 0 saturated carbocycles. The number of carbonyl (C=O) groups excluding carboxylic acids is 1. The molecule has 11 heteroatoms. The maximum absolute atomic E-state index is 12.6. The number of benzene rings is 1. The Kier molecular flexibility index (Phi) is 8.28. The van der Waals surface area contributed by atoms with Crippen LogP contribution in [0.2, 0.25) is 0 Å². The Labute approximate surface area is 204 Å². The first kappa shape index (κ1) is 24.7. The summed E-state index contributed by atoms with van der Waals surface area (Å²) in [5.41, 5.74) is 1.32. The van der Waals surface area contributed by atoms with Crippen molar-refractivity contribution in [2.45, 2.75) is 44.1 Å². The van der Waals surface area contributed by atoms with Crippen molar-refractivity contribution in [1.82, 2.24) is 20.7 Å². The zero-order chi connectivity index (χ0) is 22.6. The van der Waals surface area contributed by atoms with E-state index in [0.29, 0.717) is 29.9 Å². The van der Waals surface area contributed by atoms with Crippen LogP contribution < -0.4 is 20.1 Å². The molecule has 10 nitrogen and oxygen atoms in total. The lowest BCUT2D eigenvalue weighted by Gasteiger charge is -2.33. The Bertz CT molecular complexity index is 967. The Balaban J connectivity index is 0.00000274. The lowest BCUT2D eigenvalue weighted by Crippen LogP contribution is -2.46. The molecular formula is C23H31ClN4O6. The van der Waals surface area contributed by atoms with E-state index in [4.69, 9.17) is 18.7 Å². The van der Waals surface area contributed by atoms with Crippen molar-refractivity contribution in [3.8, 4) is 11.5 Å². The van der Waals surface area contributed by atoms with Crippen LogP contribution >= 0.6 is 12.4 Å². The molecule has 0 bridgehead atoms. The van der Waals surface area contributed by atoms with Gasteiger partial charge in [-0.25, -0.2) is 0 Å². The van der Waals surface area contributed by atoms with Gasteiger partial charge < -0.3 is 34.5 Å². The van der Waals surface area contributed by atoms with Crippen molar-refractivity contribution in [3.05, 3.63) is 41.3 Å². The first-order chi connectivity index (χ1) is 16.1. The minimum absolute atomic E-state index is 0. The van der Waals surface area contributed by atoms with Crippen molar-refractivity contribution >= 4 is 18.3 Å². The Morgan fingerprint density at radius 2 is 2.00 bits per heavy atom. The minimum atomic E-state index is -0.626. The Hall–Kier alpha value is -2.37. The summed E-state index contributed by atoms with van der Waals surface area (Å²) in [6.07, 6.45) is 0.768. The highest BCUT2D eigenvalue weighted by Gasteiger charge is 2.31. The van der Waals surface area contributed by atoms with Crippen LogP contribution in [0.15, 0.2) is 28.8 Å². The van der Waals surface area contributed by atoms with Gasteiger partial charge in [-0.15, -0.1) is 12.4 Å². The summed E-state index contributed by atoms with van der Waals surface area (Å²) < 4.78 is 22.2. The lowest BCUT2D eigenvalue weighted by atomic mass is 9.98. The predicted molar refractivity (Wildman–Crippen MR) is 124 cm³/mol. The molecule has 4 heterocycles. The van der Waals surface area contributed by atoms with Gasteiger partial charge >= 0.3 is 0 Å². The van der Waals surface area contributed by atoms with Gasteiger partial charge in [-0.1, -0.05) is 5.16 Å². The molecule has 186 valence electrons. The van der Waals surface area contributed by atoms with Crippen molar-refractivity contribution in [2.75, 3.05) is 39.5 Å². The van der Waals surface area contributed by atoms with Gasteiger partial charge in [0.05, 0.1) is 24.4 Å². The van der Waals surface area contributed by atoms with Gasteiger partial charge in [0.2, 0.25) is 6.79 Å². The molecule has 0 radical (unpaired) electrons. The second-order valence-corrected chi connectivity index (χ2v) is 8.73. The fourth-order valence-corrected chi connectivity index (χ4v) is 4.47. The molecule has 1 amide bonds. The SMILES string of the molecule is Cl.O=C(NC[C@H]1O[C@H](Cc2cc(CN3CCNCC3)on2)CC[C@@H]1O)c1ccc2c(c1)OCO2. The second kappa shape index (κ2) is 11.4. The molecule has 0 aliphatic carbocycles. The number of piperazine rings is 1. The molecule has 2 saturated heterocycles. The van der Waals surface area contributed by atoms with E-state index in [9.17, 15) is 9.90 Å². The number of halogens is 1. The van der Waals surface area contributed by atoms with Crippen molar-refractivity contribution in [1.29, 1.82) is 0 Å². The first-order valence-corrected chi connectivity index (χ1v) is 11.5. The normalized spacial score (nSPS) is 24.4. The monoisotopic (exact) mass is 494 g/mol. The third kappa shape index (κ3) is 6.00. The van der Waals surface area contributed by atoms with Gasteiger partial charge in [-0.3, -0.25) is 9.69 Å². The van der Waals surface area contributed by atoms with Crippen LogP contribution in [0.3, 0.4) is 0 Å². The van der Waals surface area contributed by atoms with Gasteiger partial charge in [0, 0.05) is 50.8 Å². The molecule has 3 aliphatic heterocycles. The summed E-state index contributed by atoms with van der Waals surface area (Å²) in [6.45, 7) is 5.12. The largest absolute Gasteiger partial charge is 0.454 e. The van der Waals surface area contributed by atoms with Gasteiger partial charge in [0.15, 0.2) is 17.3 Å². The van der Waals surface area contributed by atoms with Crippen LogP contribution in [0.5, 0.6) is 11.5 Å². The molecule has 0 unspecified atom stereocenters. The number of aliphatic hydroxyl groups is 1. The van der Waals surface area contributed by atoms with E-state index in [1.54, 1.807) is 18.2 Å². The highest BCUT2D eigenvalue weighted by molar-refractivity contribution is 5.94. The molecule has 2 fully saturated rings. The van der Waals surface area contributed by atoms with Crippen LogP contribution in [0.1, 0.15) is 34.7 Å². The van der Waals surface area contributed by atoms with Crippen molar-refractivity contribution in [2.24, 2.45) is 0 Å². The Morgan fingerprint density at radius 3 is 2.85 bits per heavy atom. The zero-order valence-corrected chi connectivity index (χ0v) is 19.7. The van der Waals surface area contributed by atoms with E-state index in [1.807, 2.05) is 6.07 Å². The maximum atomic E-state index is 12.6. The number of amides is 1. The van der Waals surface area contributed by atoms with Crippen molar-refractivity contribution in [3.63, 3.8) is 0 Å². The summed E-state index contributed by atoms with van der Waals surface area (Å²) >= 11 is 0. The summed E-state index contributed by atoms with van der Waals surface area (Å²) in [4.78, 5) is 14.9. The van der Waals surface area contributed by atoms with Gasteiger partial charge in [0.25, 0.3) is 5.91 Å². The van der Waals surface area contributed by atoms with E-state index in [-0.39, 0.29) is 37.8 Å². The zero-order valence-electron chi connectivity index (χ0n) is 18.9. The topological polar surface area (TPSA) is 118 Å². The smallest absolute Gasteiger partial charge is 0.251 e. The fraction of sp³-hybridized carbons (Fsp3) is 0.565. The third-order valence-corrected chi connectivity index (χ3v) is 6.31. The first-order valence-electron chi connectivity index (χ1n) is 11.5. The van der Waals surface area contributed by atoms with E-state index < -0.39 is 12.2 Å². The van der Waals surface area contributed by atoms with Crippen LogP contribution in [-0.2, 0) is 17.7 Å².